The highest BCUT2D eigenvalue weighted by Gasteiger charge is 2.23. The summed E-state index contributed by atoms with van der Waals surface area (Å²) in [7, 11) is 1.64. The van der Waals surface area contributed by atoms with E-state index >= 15 is 0 Å². The minimum absolute atomic E-state index is 0.0709. The zero-order valence-electron chi connectivity index (χ0n) is 18.2. The number of nitrogens with zero attached hydrogens (tertiary/aromatic N) is 2. The highest BCUT2D eigenvalue weighted by molar-refractivity contribution is 5.82. The number of hydrogen-bond acceptors (Lipinski definition) is 4. The number of aromatic nitrogens is 4. The van der Waals surface area contributed by atoms with Crippen LogP contribution in [0.1, 0.15) is 37.0 Å². The van der Waals surface area contributed by atoms with Gasteiger partial charge >= 0.3 is 0 Å². The average molecular weight is 418 g/mol. The summed E-state index contributed by atoms with van der Waals surface area (Å²) in [4.78, 5) is 21.1. The van der Waals surface area contributed by atoms with Gasteiger partial charge in [-0.15, -0.1) is 0 Å². The summed E-state index contributed by atoms with van der Waals surface area (Å²) in [5.74, 6) is 1.65. The van der Waals surface area contributed by atoms with Crippen LogP contribution < -0.4 is 10.1 Å². The lowest BCUT2D eigenvalue weighted by Crippen LogP contribution is -2.33. The van der Waals surface area contributed by atoms with E-state index in [1.165, 1.54) is 0 Å². The van der Waals surface area contributed by atoms with Crippen LogP contribution in [-0.2, 0) is 11.2 Å². The van der Waals surface area contributed by atoms with Crippen molar-refractivity contribution >= 4 is 16.9 Å². The highest BCUT2D eigenvalue weighted by Crippen LogP contribution is 2.27. The van der Waals surface area contributed by atoms with Gasteiger partial charge in [-0.3, -0.25) is 9.89 Å². The number of H-pyrrole nitrogens is 2. The standard InChI is InChI=1S/C24H27N5O2/c1-14(2)22(24-25-19-7-5-6-8-20(19)26-24)27-21(30)13-18-15(3)28-29-23(18)16-9-11-17(31-4)12-10-16/h5-12,14,22H,13H2,1-4H3,(H,25,26)(H,27,30)(H,28,29). The van der Waals surface area contributed by atoms with Gasteiger partial charge in [0.15, 0.2) is 0 Å². The van der Waals surface area contributed by atoms with Crippen molar-refractivity contribution in [2.75, 3.05) is 7.11 Å². The second-order valence-corrected chi connectivity index (χ2v) is 8.01. The van der Waals surface area contributed by atoms with Crippen molar-refractivity contribution in [3.05, 3.63) is 65.6 Å². The lowest BCUT2D eigenvalue weighted by Gasteiger charge is -2.20. The number of rotatable bonds is 7. The zero-order valence-corrected chi connectivity index (χ0v) is 18.2. The number of para-hydroxylation sites is 2. The third-order valence-electron chi connectivity index (χ3n) is 5.46. The molecule has 0 saturated carbocycles. The smallest absolute Gasteiger partial charge is 0.225 e. The van der Waals surface area contributed by atoms with Crippen LogP contribution in [0, 0.1) is 12.8 Å². The number of fused-ring (bicyclic) bond motifs is 1. The molecule has 0 aliphatic carbocycles. The summed E-state index contributed by atoms with van der Waals surface area (Å²) in [5, 5.41) is 10.6. The molecular weight excluding hydrogens is 390 g/mol. The Balaban J connectivity index is 1.55. The number of carbonyl (C=O) groups is 1. The fourth-order valence-electron chi connectivity index (χ4n) is 3.71. The lowest BCUT2D eigenvalue weighted by molar-refractivity contribution is -0.121. The van der Waals surface area contributed by atoms with Gasteiger partial charge in [0.1, 0.15) is 11.6 Å². The summed E-state index contributed by atoms with van der Waals surface area (Å²) >= 11 is 0. The largest absolute Gasteiger partial charge is 0.497 e. The van der Waals surface area contributed by atoms with Crippen LogP contribution >= 0.6 is 0 Å². The number of methoxy groups -OCH3 is 1. The van der Waals surface area contributed by atoms with Gasteiger partial charge in [0.05, 0.1) is 36.3 Å². The van der Waals surface area contributed by atoms with Crippen molar-refractivity contribution in [2.24, 2.45) is 5.92 Å². The second-order valence-electron chi connectivity index (χ2n) is 8.01. The molecule has 7 nitrogen and oxygen atoms in total. The summed E-state index contributed by atoms with van der Waals surface area (Å²) in [6, 6.07) is 15.3. The molecule has 3 N–H and O–H groups in total. The molecule has 2 aromatic heterocycles. The third-order valence-corrected chi connectivity index (χ3v) is 5.46. The second kappa shape index (κ2) is 8.63. The Morgan fingerprint density at radius 2 is 1.87 bits per heavy atom. The van der Waals surface area contributed by atoms with Crippen molar-refractivity contribution in [1.29, 1.82) is 0 Å². The van der Waals surface area contributed by atoms with Crippen LogP contribution in [-0.4, -0.2) is 33.2 Å². The van der Waals surface area contributed by atoms with Gasteiger partial charge in [-0.25, -0.2) is 4.98 Å². The number of amides is 1. The first-order chi connectivity index (χ1) is 15.0. The molecule has 0 saturated heterocycles. The number of hydrogen-bond donors (Lipinski definition) is 3. The molecule has 4 aromatic rings. The summed E-state index contributed by atoms with van der Waals surface area (Å²) in [6.07, 6.45) is 0.229. The molecule has 4 rings (SSSR count). The topological polar surface area (TPSA) is 95.7 Å². The van der Waals surface area contributed by atoms with E-state index in [0.717, 1.165) is 45.1 Å². The Bertz CT molecular complexity index is 1160. The van der Waals surface area contributed by atoms with Crippen LogP contribution in [0.2, 0.25) is 0 Å². The van der Waals surface area contributed by atoms with E-state index in [0.29, 0.717) is 0 Å². The molecule has 0 radical (unpaired) electrons. The predicted molar refractivity (Wildman–Crippen MR) is 121 cm³/mol. The van der Waals surface area contributed by atoms with E-state index in [-0.39, 0.29) is 24.3 Å². The normalized spacial score (nSPS) is 12.3. The predicted octanol–water partition coefficient (Wildman–Crippen LogP) is 4.33. The van der Waals surface area contributed by atoms with Crippen LogP contribution in [0.15, 0.2) is 48.5 Å². The van der Waals surface area contributed by atoms with Gasteiger partial charge in [0, 0.05) is 16.8 Å². The van der Waals surface area contributed by atoms with Gasteiger partial charge < -0.3 is 15.0 Å². The molecule has 31 heavy (non-hydrogen) atoms. The fourth-order valence-corrected chi connectivity index (χ4v) is 3.71. The zero-order chi connectivity index (χ0) is 22.0. The van der Waals surface area contributed by atoms with Crippen LogP contribution in [0.4, 0.5) is 0 Å². The Kier molecular flexibility index (Phi) is 5.75. The fraction of sp³-hybridized carbons (Fsp3) is 0.292. The first-order valence-corrected chi connectivity index (χ1v) is 10.4. The molecule has 2 heterocycles. The van der Waals surface area contributed by atoms with Crippen molar-refractivity contribution in [3.8, 4) is 17.0 Å². The Morgan fingerprint density at radius 3 is 2.55 bits per heavy atom. The van der Waals surface area contributed by atoms with E-state index in [1.807, 2.05) is 55.5 Å². The monoisotopic (exact) mass is 417 g/mol. The number of nitrogens with one attached hydrogen (secondary N) is 3. The molecule has 0 spiro atoms. The maximum Gasteiger partial charge on any atom is 0.225 e. The first-order valence-electron chi connectivity index (χ1n) is 10.4. The number of imidazole rings is 1. The van der Waals surface area contributed by atoms with Crippen molar-refractivity contribution in [1.82, 2.24) is 25.5 Å². The Morgan fingerprint density at radius 1 is 1.13 bits per heavy atom. The molecule has 0 bridgehead atoms. The number of ether oxygens (including phenoxy) is 1. The molecular formula is C24H27N5O2. The average Bonchev–Trinajstić information content (AvgIpc) is 3.35. The molecule has 1 unspecified atom stereocenters. The molecule has 0 aliphatic heterocycles. The van der Waals surface area contributed by atoms with Gasteiger partial charge in [0.25, 0.3) is 0 Å². The number of aromatic amines is 2. The first kappa shape index (κ1) is 20.7. The molecule has 2 aromatic carbocycles. The van der Waals surface area contributed by atoms with Crippen LogP contribution in [0.3, 0.4) is 0 Å². The Labute approximate surface area is 181 Å². The van der Waals surface area contributed by atoms with Gasteiger partial charge in [-0.05, 0) is 49.2 Å². The van der Waals surface area contributed by atoms with E-state index in [2.05, 4.69) is 39.3 Å². The van der Waals surface area contributed by atoms with Crippen LogP contribution in [0.25, 0.3) is 22.3 Å². The minimum atomic E-state index is -0.212. The molecule has 160 valence electrons. The molecule has 1 amide bonds. The summed E-state index contributed by atoms with van der Waals surface area (Å²) in [6.45, 7) is 6.08. The third kappa shape index (κ3) is 4.30. The van der Waals surface area contributed by atoms with E-state index in [9.17, 15) is 4.79 Å². The molecule has 0 aliphatic rings. The highest BCUT2D eigenvalue weighted by atomic mass is 16.5. The maximum absolute atomic E-state index is 13.0. The van der Waals surface area contributed by atoms with E-state index < -0.39 is 0 Å². The molecule has 0 fully saturated rings. The van der Waals surface area contributed by atoms with Gasteiger partial charge in [0.2, 0.25) is 5.91 Å². The number of aryl methyl sites for hydroxylation is 1. The van der Waals surface area contributed by atoms with Gasteiger partial charge in [-0.1, -0.05) is 26.0 Å². The summed E-state index contributed by atoms with van der Waals surface area (Å²) < 4.78 is 5.23. The lowest BCUT2D eigenvalue weighted by atomic mass is 10.0. The minimum Gasteiger partial charge on any atom is -0.497 e. The van der Waals surface area contributed by atoms with E-state index in [4.69, 9.17) is 4.74 Å². The maximum atomic E-state index is 13.0. The van der Waals surface area contributed by atoms with Crippen molar-refractivity contribution in [3.63, 3.8) is 0 Å². The van der Waals surface area contributed by atoms with E-state index in [1.54, 1.807) is 7.11 Å². The van der Waals surface area contributed by atoms with Crippen molar-refractivity contribution in [2.45, 2.75) is 33.2 Å². The molecule has 1 atom stereocenters. The summed E-state index contributed by atoms with van der Waals surface area (Å²) in [5.41, 5.74) is 5.33. The van der Waals surface area contributed by atoms with Gasteiger partial charge in [-0.2, -0.15) is 5.10 Å². The SMILES string of the molecule is COc1ccc(-c2n[nH]c(C)c2CC(=O)NC(c2nc3ccccc3[nH]2)C(C)C)cc1. The Hall–Kier alpha value is -3.61. The quantitative estimate of drug-likeness (QED) is 0.417. The number of carbonyl (C=O) groups excluding carboxylic acids is 1. The van der Waals surface area contributed by atoms with Crippen molar-refractivity contribution < 1.29 is 9.53 Å². The van der Waals surface area contributed by atoms with Crippen LogP contribution in [0.5, 0.6) is 5.75 Å². The number of benzene rings is 2. The molecule has 7 heteroatoms.